The van der Waals surface area contributed by atoms with E-state index in [9.17, 15) is 4.79 Å². The van der Waals surface area contributed by atoms with Gasteiger partial charge in [0.1, 0.15) is 11.3 Å². The van der Waals surface area contributed by atoms with Crippen molar-refractivity contribution in [3.05, 3.63) is 27.3 Å². The van der Waals surface area contributed by atoms with Crippen molar-refractivity contribution in [3.63, 3.8) is 0 Å². The third-order valence-electron chi connectivity index (χ3n) is 2.18. The zero-order chi connectivity index (χ0) is 12.8. The van der Waals surface area contributed by atoms with E-state index in [4.69, 9.17) is 9.84 Å². The molecule has 0 saturated heterocycles. The number of carboxylic acids is 1. The van der Waals surface area contributed by atoms with Crippen molar-refractivity contribution in [3.8, 4) is 5.75 Å². The largest absolute Gasteiger partial charge is 0.493 e. The molecule has 1 rings (SSSR count). The van der Waals surface area contributed by atoms with E-state index < -0.39 is 5.97 Å². The lowest BCUT2D eigenvalue weighted by molar-refractivity contribution is 0.0692. The van der Waals surface area contributed by atoms with Crippen LogP contribution in [-0.2, 0) is 0 Å². The third kappa shape index (κ3) is 4.91. The molecule has 0 radical (unpaired) electrons. The zero-order valence-corrected chi connectivity index (χ0v) is 12.1. The van der Waals surface area contributed by atoms with Crippen LogP contribution in [0.1, 0.15) is 16.8 Å². The first-order valence-electron chi connectivity index (χ1n) is 5.31. The zero-order valence-electron chi connectivity index (χ0n) is 9.94. The van der Waals surface area contributed by atoms with Gasteiger partial charge in [-0.1, -0.05) is 0 Å². The van der Waals surface area contributed by atoms with Gasteiger partial charge in [0.25, 0.3) is 0 Å². The van der Waals surface area contributed by atoms with Crippen LogP contribution < -0.4 is 4.74 Å². The Labute approximate surface area is 115 Å². The van der Waals surface area contributed by atoms with E-state index in [2.05, 4.69) is 27.5 Å². The van der Waals surface area contributed by atoms with Crippen LogP contribution in [0.5, 0.6) is 5.75 Å². The Hall–Kier alpha value is -0.820. The molecule has 17 heavy (non-hydrogen) atoms. The highest BCUT2D eigenvalue weighted by Gasteiger charge is 2.11. The minimum absolute atomic E-state index is 0.224. The second-order valence-corrected chi connectivity index (χ2v) is 5.20. The number of carbonyl (C=O) groups is 1. The fraction of sp³-hybridized carbons (Fsp3) is 0.417. The predicted molar refractivity (Wildman–Crippen MR) is 74.8 cm³/mol. The summed E-state index contributed by atoms with van der Waals surface area (Å²) in [6.07, 6.45) is 0.873. The highest BCUT2D eigenvalue weighted by Crippen LogP contribution is 2.21. The first-order valence-corrected chi connectivity index (χ1v) is 6.39. The maximum atomic E-state index is 11.0. The van der Waals surface area contributed by atoms with Gasteiger partial charge in [-0.05, 0) is 61.3 Å². The summed E-state index contributed by atoms with van der Waals surface area (Å²) in [5, 5.41) is 9.04. The summed E-state index contributed by atoms with van der Waals surface area (Å²) in [4.78, 5) is 13.1. The third-order valence-corrected chi connectivity index (χ3v) is 2.85. The quantitative estimate of drug-likeness (QED) is 0.633. The van der Waals surface area contributed by atoms with Crippen molar-refractivity contribution in [1.29, 1.82) is 0 Å². The second kappa shape index (κ2) is 6.80. The van der Waals surface area contributed by atoms with Gasteiger partial charge in [0.15, 0.2) is 0 Å². The molecule has 0 amide bonds. The summed E-state index contributed by atoms with van der Waals surface area (Å²) in [6, 6.07) is 5.17. The lowest BCUT2D eigenvalue weighted by Gasteiger charge is -2.12. The maximum absolute atomic E-state index is 11.0. The van der Waals surface area contributed by atoms with E-state index in [1.54, 1.807) is 12.1 Å². The molecule has 4 nitrogen and oxygen atoms in total. The summed E-state index contributed by atoms with van der Waals surface area (Å²) in [7, 11) is 3.99. The average Bonchev–Trinajstić information content (AvgIpc) is 2.25. The van der Waals surface area contributed by atoms with Crippen LogP contribution in [0.2, 0.25) is 0 Å². The summed E-state index contributed by atoms with van der Waals surface area (Å²) in [5.41, 5.74) is 0.224. The van der Waals surface area contributed by atoms with Crippen LogP contribution in [0, 0.1) is 3.57 Å². The Morgan fingerprint density at radius 1 is 1.47 bits per heavy atom. The fourth-order valence-electron chi connectivity index (χ4n) is 1.36. The predicted octanol–water partition coefficient (Wildman–Crippen LogP) is 2.32. The molecule has 5 heteroatoms. The van der Waals surface area contributed by atoms with Crippen molar-refractivity contribution in [2.75, 3.05) is 27.2 Å². The Kier molecular flexibility index (Phi) is 5.70. The molecule has 0 spiro atoms. The van der Waals surface area contributed by atoms with Crippen LogP contribution in [0.3, 0.4) is 0 Å². The molecule has 0 aliphatic heterocycles. The van der Waals surface area contributed by atoms with Crippen LogP contribution in [-0.4, -0.2) is 43.2 Å². The molecular weight excluding hydrogens is 333 g/mol. The normalized spacial score (nSPS) is 10.6. The molecule has 0 heterocycles. The molecule has 0 unspecified atom stereocenters. The monoisotopic (exact) mass is 349 g/mol. The van der Waals surface area contributed by atoms with Crippen LogP contribution >= 0.6 is 22.6 Å². The summed E-state index contributed by atoms with van der Waals surface area (Å²) < 4.78 is 6.38. The number of aromatic carboxylic acids is 1. The Balaban J connectivity index is 2.61. The lowest BCUT2D eigenvalue weighted by Crippen LogP contribution is -2.16. The molecule has 0 fully saturated rings. The summed E-state index contributed by atoms with van der Waals surface area (Å²) in [5.74, 6) is -0.511. The first kappa shape index (κ1) is 14.2. The minimum Gasteiger partial charge on any atom is -0.493 e. The van der Waals surface area contributed by atoms with Gasteiger partial charge in [-0.3, -0.25) is 0 Å². The van der Waals surface area contributed by atoms with Crippen molar-refractivity contribution < 1.29 is 14.6 Å². The molecule has 1 aromatic carbocycles. The maximum Gasteiger partial charge on any atom is 0.339 e. The Morgan fingerprint density at radius 3 is 2.76 bits per heavy atom. The number of hydrogen-bond acceptors (Lipinski definition) is 3. The number of nitrogens with zero attached hydrogens (tertiary/aromatic N) is 1. The SMILES string of the molecule is CN(C)CCCOc1ccc(I)cc1C(=O)O. The van der Waals surface area contributed by atoms with E-state index in [-0.39, 0.29) is 5.56 Å². The van der Waals surface area contributed by atoms with Crippen molar-refractivity contribution in [2.24, 2.45) is 0 Å². The van der Waals surface area contributed by atoms with Crippen LogP contribution in [0.4, 0.5) is 0 Å². The molecule has 0 aliphatic rings. The Bertz CT molecular complexity index is 393. The van der Waals surface area contributed by atoms with Crippen molar-refractivity contribution >= 4 is 28.6 Å². The average molecular weight is 349 g/mol. The van der Waals surface area contributed by atoms with Crippen LogP contribution in [0.25, 0.3) is 0 Å². The number of hydrogen-bond donors (Lipinski definition) is 1. The van der Waals surface area contributed by atoms with E-state index >= 15 is 0 Å². The van der Waals surface area contributed by atoms with Gasteiger partial charge in [-0.2, -0.15) is 0 Å². The van der Waals surface area contributed by atoms with Crippen molar-refractivity contribution in [1.82, 2.24) is 4.90 Å². The summed E-state index contributed by atoms with van der Waals surface area (Å²) >= 11 is 2.08. The molecule has 0 saturated carbocycles. The number of ether oxygens (including phenoxy) is 1. The van der Waals surface area contributed by atoms with E-state index in [1.807, 2.05) is 20.2 Å². The van der Waals surface area contributed by atoms with Gasteiger partial charge in [-0.15, -0.1) is 0 Å². The summed E-state index contributed by atoms with van der Waals surface area (Å²) in [6.45, 7) is 1.45. The first-order chi connectivity index (χ1) is 8.00. The highest BCUT2D eigenvalue weighted by molar-refractivity contribution is 14.1. The van der Waals surface area contributed by atoms with Gasteiger partial charge in [0, 0.05) is 10.1 Å². The molecule has 0 aliphatic carbocycles. The van der Waals surface area contributed by atoms with E-state index in [0.717, 1.165) is 16.5 Å². The molecular formula is C12H16INO3. The fourth-order valence-corrected chi connectivity index (χ4v) is 1.85. The lowest BCUT2D eigenvalue weighted by atomic mass is 10.2. The second-order valence-electron chi connectivity index (χ2n) is 3.95. The number of carboxylic acid groups (broad SMARTS) is 1. The minimum atomic E-state index is -0.953. The van der Waals surface area contributed by atoms with Gasteiger partial charge >= 0.3 is 5.97 Å². The molecule has 0 atom stereocenters. The van der Waals surface area contributed by atoms with Crippen molar-refractivity contribution in [2.45, 2.75) is 6.42 Å². The van der Waals surface area contributed by atoms with Gasteiger partial charge in [-0.25, -0.2) is 4.79 Å². The molecule has 94 valence electrons. The number of benzene rings is 1. The van der Waals surface area contributed by atoms with Gasteiger partial charge in [0.2, 0.25) is 0 Å². The number of rotatable bonds is 6. The highest BCUT2D eigenvalue weighted by atomic mass is 127. The molecule has 0 bridgehead atoms. The van der Waals surface area contributed by atoms with Crippen LogP contribution in [0.15, 0.2) is 18.2 Å². The molecule has 1 N–H and O–H groups in total. The molecule has 0 aromatic heterocycles. The van der Waals surface area contributed by atoms with Gasteiger partial charge in [0.05, 0.1) is 6.61 Å². The van der Waals surface area contributed by atoms with E-state index in [0.29, 0.717) is 12.4 Å². The smallest absolute Gasteiger partial charge is 0.339 e. The Morgan fingerprint density at radius 2 is 2.18 bits per heavy atom. The molecule has 1 aromatic rings. The van der Waals surface area contributed by atoms with E-state index in [1.165, 1.54) is 0 Å². The number of halogens is 1. The van der Waals surface area contributed by atoms with Gasteiger partial charge < -0.3 is 14.7 Å². The standard InChI is InChI=1S/C12H16INO3/c1-14(2)6-3-7-17-11-5-4-9(13)8-10(11)12(15)16/h4-5,8H,3,6-7H2,1-2H3,(H,15,16). The topological polar surface area (TPSA) is 49.8 Å².